The van der Waals surface area contributed by atoms with E-state index in [1.54, 1.807) is 0 Å². The summed E-state index contributed by atoms with van der Waals surface area (Å²) in [6.07, 6.45) is 3.04. The molecule has 142 valence electrons. The van der Waals surface area contributed by atoms with Gasteiger partial charge < -0.3 is 11.1 Å². The van der Waals surface area contributed by atoms with E-state index in [0.717, 1.165) is 29.2 Å². The number of nitrogens with two attached hydrogens (primary N) is 1. The van der Waals surface area contributed by atoms with Crippen molar-refractivity contribution in [3.8, 4) is 0 Å². The van der Waals surface area contributed by atoms with Crippen LogP contribution in [0.25, 0.3) is 10.8 Å². The van der Waals surface area contributed by atoms with Crippen molar-refractivity contribution in [1.82, 2.24) is 5.32 Å². The van der Waals surface area contributed by atoms with Crippen LogP contribution in [-0.2, 0) is 14.6 Å². The number of hydrogen-bond acceptors (Lipinski definition) is 4. The standard InChI is InChI=1S/C19H24N2O3S.ClH/c1-25(23,24)13-19(8-9-19)11-18(22)21-17(12-20)16-7-6-14-4-2-3-5-15(14)10-16;/h2-7,10,17H,8-9,11-13,20H2,1H3,(H,21,22);1H. The molecule has 1 aliphatic rings. The van der Waals surface area contributed by atoms with Gasteiger partial charge in [0.2, 0.25) is 5.91 Å². The monoisotopic (exact) mass is 396 g/mol. The van der Waals surface area contributed by atoms with E-state index in [9.17, 15) is 13.2 Å². The average Bonchev–Trinajstić information content (AvgIpc) is 3.28. The Bertz CT molecular complexity index is 895. The van der Waals surface area contributed by atoms with Crippen LogP contribution in [-0.4, -0.2) is 32.9 Å². The van der Waals surface area contributed by atoms with Gasteiger partial charge in [-0.05, 0) is 40.7 Å². The third-order valence-electron chi connectivity index (χ3n) is 4.81. The van der Waals surface area contributed by atoms with Gasteiger partial charge in [0.05, 0.1) is 11.8 Å². The number of nitrogens with one attached hydrogen (secondary N) is 1. The Labute approximate surface area is 160 Å². The van der Waals surface area contributed by atoms with Crippen LogP contribution in [0.15, 0.2) is 42.5 Å². The summed E-state index contributed by atoms with van der Waals surface area (Å²) in [4.78, 5) is 12.4. The van der Waals surface area contributed by atoms with Crippen LogP contribution in [0.3, 0.4) is 0 Å². The predicted octanol–water partition coefficient (Wildman–Crippen LogP) is 2.59. The van der Waals surface area contributed by atoms with Crippen molar-refractivity contribution >= 4 is 38.9 Å². The van der Waals surface area contributed by atoms with Crippen molar-refractivity contribution < 1.29 is 13.2 Å². The maximum absolute atomic E-state index is 12.4. The maximum atomic E-state index is 12.4. The first kappa shape index (κ1) is 20.7. The lowest BCUT2D eigenvalue weighted by Gasteiger charge is -2.20. The summed E-state index contributed by atoms with van der Waals surface area (Å²) in [5, 5.41) is 5.21. The van der Waals surface area contributed by atoms with E-state index >= 15 is 0 Å². The predicted molar refractivity (Wildman–Crippen MR) is 107 cm³/mol. The van der Waals surface area contributed by atoms with Crippen LogP contribution in [0, 0.1) is 5.41 Å². The largest absolute Gasteiger partial charge is 0.348 e. The number of rotatable bonds is 7. The second kappa shape index (κ2) is 7.94. The van der Waals surface area contributed by atoms with Gasteiger partial charge in [0.1, 0.15) is 9.84 Å². The average molecular weight is 397 g/mol. The van der Waals surface area contributed by atoms with Crippen molar-refractivity contribution in [2.75, 3.05) is 18.6 Å². The van der Waals surface area contributed by atoms with Crippen LogP contribution >= 0.6 is 12.4 Å². The van der Waals surface area contributed by atoms with E-state index in [2.05, 4.69) is 5.32 Å². The molecule has 3 rings (SSSR count). The number of amides is 1. The van der Waals surface area contributed by atoms with Crippen molar-refractivity contribution in [2.45, 2.75) is 25.3 Å². The number of halogens is 1. The highest BCUT2D eigenvalue weighted by molar-refractivity contribution is 7.90. The van der Waals surface area contributed by atoms with Gasteiger partial charge in [-0.2, -0.15) is 0 Å². The number of benzene rings is 2. The van der Waals surface area contributed by atoms with Crippen molar-refractivity contribution in [3.05, 3.63) is 48.0 Å². The van der Waals surface area contributed by atoms with E-state index < -0.39 is 9.84 Å². The van der Waals surface area contributed by atoms with Gasteiger partial charge in [0.15, 0.2) is 0 Å². The van der Waals surface area contributed by atoms with Crippen LogP contribution in [0.1, 0.15) is 30.9 Å². The van der Waals surface area contributed by atoms with Gasteiger partial charge in [-0.15, -0.1) is 12.4 Å². The van der Waals surface area contributed by atoms with Crippen LogP contribution < -0.4 is 11.1 Å². The second-order valence-electron chi connectivity index (χ2n) is 7.21. The Morgan fingerprint density at radius 2 is 1.85 bits per heavy atom. The Balaban J connectivity index is 0.00000243. The molecule has 1 unspecified atom stereocenters. The van der Waals surface area contributed by atoms with Crippen LogP contribution in [0.2, 0.25) is 0 Å². The lowest BCUT2D eigenvalue weighted by molar-refractivity contribution is -0.122. The van der Waals surface area contributed by atoms with Gasteiger partial charge in [-0.3, -0.25) is 4.79 Å². The fraction of sp³-hybridized carbons (Fsp3) is 0.421. The minimum absolute atomic E-state index is 0. The molecule has 0 bridgehead atoms. The minimum atomic E-state index is -3.08. The van der Waals surface area contributed by atoms with E-state index in [-0.39, 0.29) is 41.9 Å². The number of carbonyl (C=O) groups excluding carboxylic acids is 1. The van der Waals surface area contributed by atoms with Gasteiger partial charge in [0, 0.05) is 19.2 Å². The lowest BCUT2D eigenvalue weighted by Crippen LogP contribution is -2.35. The molecule has 1 fully saturated rings. The van der Waals surface area contributed by atoms with Gasteiger partial charge in [-0.1, -0.05) is 36.4 Å². The zero-order valence-corrected chi connectivity index (χ0v) is 16.4. The maximum Gasteiger partial charge on any atom is 0.221 e. The normalized spacial score (nSPS) is 16.5. The molecule has 1 atom stereocenters. The highest BCUT2D eigenvalue weighted by Gasteiger charge is 2.46. The van der Waals surface area contributed by atoms with Crippen LogP contribution in [0.4, 0.5) is 0 Å². The minimum Gasteiger partial charge on any atom is -0.348 e. The van der Waals surface area contributed by atoms with Gasteiger partial charge in [-0.25, -0.2) is 8.42 Å². The molecule has 26 heavy (non-hydrogen) atoms. The molecule has 3 N–H and O–H groups in total. The topological polar surface area (TPSA) is 89.3 Å². The zero-order valence-electron chi connectivity index (χ0n) is 14.8. The highest BCUT2D eigenvalue weighted by atomic mass is 35.5. The Morgan fingerprint density at radius 3 is 2.42 bits per heavy atom. The van der Waals surface area contributed by atoms with Gasteiger partial charge >= 0.3 is 0 Å². The molecule has 1 amide bonds. The summed E-state index contributed by atoms with van der Waals surface area (Å²) in [7, 11) is -3.08. The molecule has 7 heteroatoms. The molecule has 1 aliphatic carbocycles. The van der Waals surface area contributed by atoms with Crippen molar-refractivity contribution in [2.24, 2.45) is 11.1 Å². The summed E-state index contributed by atoms with van der Waals surface area (Å²) in [6.45, 7) is 0.295. The van der Waals surface area contributed by atoms with E-state index in [1.165, 1.54) is 6.26 Å². The first-order chi connectivity index (χ1) is 11.8. The van der Waals surface area contributed by atoms with Gasteiger partial charge in [0.25, 0.3) is 0 Å². The molecule has 2 aromatic carbocycles. The molecule has 0 spiro atoms. The summed E-state index contributed by atoms with van der Waals surface area (Å²) < 4.78 is 23.1. The summed E-state index contributed by atoms with van der Waals surface area (Å²) in [5.41, 5.74) is 6.45. The van der Waals surface area contributed by atoms with E-state index in [4.69, 9.17) is 5.73 Å². The van der Waals surface area contributed by atoms with E-state index in [0.29, 0.717) is 6.54 Å². The third kappa shape index (κ3) is 5.19. The van der Waals surface area contributed by atoms with Crippen LogP contribution in [0.5, 0.6) is 0 Å². The molecule has 0 radical (unpaired) electrons. The fourth-order valence-electron chi connectivity index (χ4n) is 3.39. The van der Waals surface area contributed by atoms with E-state index in [1.807, 2.05) is 42.5 Å². The molecule has 5 nitrogen and oxygen atoms in total. The fourth-order valence-corrected chi connectivity index (χ4v) is 4.90. The summed E-state index contributed by atoms with van der Waals surface area (Å²) >= 11 is 0. The molecular weight excluding hydrogens is 372 g/mol. The molecule has 1 saturated carbocycles. The SMILES string of the molecule is CS(=O)(=O)CC1(CC(=O)NC(CN)c2ccc3ccccc3c2)CC1.Cl. The van der Waals surface area contributed by atoms with Crippen molar-refractivity contribution in [3.63, 3.8) is 0 Å². The number of fused-ring (bicyclic) bond motifs is 1. The molecular formula is C19H25ClN2O3S. The Hall–Kier alpha value is -1.63. The third-order valence-corrected chi connectivity index (χ3v) is 5.94. The molecule has 0 saturated heterocycles. The molecule has 2 aromatic rings. The number of carbonyl (C=O) groups is 1. The smallest absolute Gasteiger partial charge is 0.221 e. The Kier molecular flexibility index (Phi) is 6.32. The Morgan fingerprint density at radius 1 is 1.19 bits per heavy atom. The highest BCUT2D eigenvalue weighted by Crippen LogP contribution is 2.49. The summed E-state index contributed by atoms with van der Waals surface area (Å²) in [5.74, 6) is -0.0544. The zero-order chi connectivity index (χ0) is 18.1. The number of sulfone groups is 1. The lowest BCUT2D eigenvalue weighted by atomic mass is 10.0. The molecule has 0 aliphatic heterocycles. The first-order valence-corrected chi connectivity index (χ1v) is 10.5. The first-order valence-electron chi connectivity index (χ1n) is 8.46. The molecule has 0 aromatic heterocycles. The quantitative estimate of drug-likeness (QED) is 0.752. The van der Waals surface area contributed by atoms with Crippen molar-refractivity contribution in [1.29, 1.82) is 0 Å². The molecule has 0 heterocycles. The number of hydrogen-bond donors (Lipinski definition) is 2. The second-order valence-corrected chi connectivity index (χ2v) is 9.35. The summed E-state index contributed by atoms with van der Waals surface area (Å²) in [6, 6.07) is 13.8.